The minimum Gasteiger partial charge on any atom is -0.406 e. The zero-order valence-corrected chi connectivity index (χ0v) is 15.8. The number of aromatic nitrogens is 1. The zero-order chi connectivity index (χ0) is 22.2. The van der Waals surface area contributed by atoms with Crippen LogP contribution < -0.4 is 10.2 Å². The normalized spacial score (nSPS) is 11.6. The lowest BCUT2D eigenvalue weighted by Crippen LogP contribution is -2.17. The van der Waals surface area contributed by atoms with Crippen molar-refractivity contribution in [2.75, 3.05) is 0 Å². The van der Waals surface area contributed by atoms with E-state index in [1.54, 1.807) is 24.3 Å². The highest BCUT2D eigenvalue weighted by atomic mass is 19.4. The molecule has 0 bridgehead atoms. The number of pyridine rings is 1. The Kier molecular flexibility index (Phi) is 5.22. The van der Waals surface area contributed by atoms with E-state index < -0.39 is 23.4 Å². The minimum atomic E-state index is -4.74. The molecule has 8 heteroatoms. The van der Waals surface area contributed by atoms with Gasteiger partial charge in [-0.1, -0.05) is 36.4 Å². The van der Waals surface area contributed by atoms with Gasteiger partial charge in [0, 0.05) is 11.8 Å². The van der Waals surface area contributed by atoms with Crippen LogP contribution in [0.5, 0.6) is 5.75 Å². The van der Waals surface area contributed by atoms with Crippen LogP contribution in [0.2, 0.25) is 0 Å². The summed E-state index contributed by atoms with van der Waals surface area (Å²) in [5, 5.41) is -0.335. The van der Waals surface area contributed by atoms with Crippen molar-refractivity contribution >= 4 is 10.9 Å². The number of hydrogen-bond donors (Lipinski definition) is 1. The first-order valence-electron chi connectivity index (χ1n) is 9.15. The van der Waals surface area contributed by atoms with Crippen LogP contribution in [0.4, 0.5) is 22.0 Å². The Morgan fingerprint density at radius 2 is 1.45 bits per heavy atom. The number of rotatable bonds is 4. The highest BCUT2D eigenvalue weighted by Crippen LogP contribution is 2.25. The SMILES string of the molecule is O=c1cc(-c2ccc(Cc3ccc(OC(F)(F)F)cc3)cc2)[nH]c2ccc(F)c(F)c12. The molecule has 0 atom stereocenters. The largest absolute Gasteiger partial charge is 0.573 e. The van der Waals surface area contributed by atoms with E-state index in [9.17, 15) is 26.7 Å². The summed E-state index contributed by atoms with van der Waals surface area (Å²) in [5.74, 6) is -2.57. The van der Waals surface area contributed by atoms with Gasteiger partial charge in [-0.05, 0) is 47.4 Å². The number of alkyl halides is 3. The monoisotopic (exact) mass is 431 g/mol. The lowest BCUT2D eigenvalue weighted by atomic mass is 10.0. The maximum atomic E-state index is 13.9. The van der Waals surface area contributed by atoms with Crippen molar-refractivity contribution in [1.29, 1.82) is 0 Å². The van der Waals surface area contributed by atoms with Crippen LogP contribution in [-0.4, -0.2) is 11.3 Å². The van der Waals surface area contributed by atoms with E-state index in [0.717, 1.165) is 17.2 Å². The van der Waals surface area contributed by atoms with Gasteiger partial charge in [-0.15, -0.1) is 13.2 Å². The standard InChI is InChI=1S/C23H14F5NO2/c24-17-9-10-18-21(22(17)25)20(30)12-19(29-18)15-5-1-13(2-6-15)11-14-3-7-16(8-4-14)31-23(26,27)28/h1-10,12H,11H2,(H,29,30). The first-order chi connectivity index (χ1) is 14.7. The summed E-state index contributed by atoms with van der Waals surface area (Å²) in [4.78, 5) is 15.2. The molecule has 4 rings (SSSR count). The Morgan fingerprint density at radius 3 is 2.06 bits per heavy atom. The molecular formula is C23H14F5NO2. The summed E-state index contributed by atoms with van der Waals surface area (Å²) in [6, 6.07) is 16.2. The van der Waals surface area contributed by atoms with Crippen molar-refractivity contribution in [2.24, 2.45) is 0 Å². The predicted octanol–water partition coefficient (Wildman–Crippen LogP) is 5.96. The van der Waals surface area contributed by atoms with Crippen LogP contribution in [0.25, 0.3) is 22.2 Å². The summed E-state index contributed by atoms with van der Waals surface area (Å²) in [7, 11) is 0. The van der Waals surface area contributed by atoms with Gasteiger partial charge in [-0.25, -0.2) is 8.78 Å². The maximum absolute atomic E-state index is 13.9. The minimum absolute atomic E-state index is 0.187. The highest BCUT2D eigenvalue weighted by Gasteiger charge is 2.30. The second-order valence-corrected chi connectivity index (χ2v) is 6.90. The molecular weight excluding hydrogens is 417 g/mol. The third-order valence-corrected chi connectivity index (χ3v) is 4.72. The van der Waals surface area contributed by atoms with E-state index >= 15 is 0 Å². The molecule has 0 aliphatic heterocycles. The summed E-state index contributed by atoms with van der Waals surface area (Å²) in [6.07, 6.45) is -4.26. The average molecular weight is 431 g/mol. The van der Waals surface area contributed by atoms with Gasteiger partial charge in [0.25, 0.3) is 0 Å². The molecule has 0 unspecified atom stereocenters. The lowest BCUT2D eigenvalue weighted by Gasteiger charge is -2.10. The fourth-order valence-corrected chi connectivity index (χ4v) is 3.28. The summed E-state index contributed by atoms with van der Waals surface area (Å²) < 4.78 is 67.8. The summed E-state index contributed by atoms with van der Waals surface area (Å²) in [5.41, 5.74) is 2.35. The van der Waals surface area contributed by atoms with Crippen LogP contribution in [0.3, 0.4) is 0 Å². The first kappa shape index (κ1) is 20.6. The smallest absolute Gasteiger partial charge is 0.406 e. The Hall–Kier alpha value is -3.68. The number of aromatic amines is 1. The molecule has 158 valence electrons. The molecule has 4 aromatic rings. The van der Waals surface area contributed by atoms with Crippen LogP contribution >= 0.6 is 0 Å². The van der Waals surface area contributed by atoms with Crippen LogP contribution in [0, 0.1) is 11.6 Å². The van der Waals surface area contributed by atoms with Crippen molar-refractivity contribution in [3.05, 3.63) is 99.7 Å². The fourth-order valence-electron chi connectivity index (χ4n) is 3.28. The van der Waals surface area contributed by atoms with Gasteiger partial charge in [-0.2, -0.15) is 0 Å². The molecule has 0 saturated heterocycles. The number of nitrogens with one attached hydrogen (secondary N) is 1. The van der Waals surface area contributed by atoms with Crippen molar-refractivity contribution in [2.45, 2.75) is 12.8 Å². The quantitative estimate of drug-likeness (QED) is 0.405. The Bertz CT molecular complexity index is 1290. The predicted molar refractivity (Wildman–Crippen MR) is 106 cm³/mol. The van der Waals surface area contributed by atoms with Crippen molar-refractivity contribution < 1.29 is 26.7 Å². The molecule has 0 fully saturated rings. The van der Waals surface area contributed by atoms with E-state index in [-0.39, 0.29) is 16.7 Å². The molecule has 3 nitrogen and oxygen atoms in total. The molecule has 1 N–H and O–H groups in total. The fraction of sp³-hybridized carbons (Fsp3) is 0.0870. The molecule has 31 heavy (non-hydrogen) atoms. The van der Waals surface area contributed by atoms with Gasteiger partial charge >= 0.3 is 6.36 Å². The number of hydrogen-bond acceptors (Lipinski definition) is 2. The van der Waals surface area contributed by atoms with Gasteiger partial charge in [-0.3, -0.25) is 4.79 Å². The molecule has 0 radical (unpaired) electrons. The Labute approximate surface area is 172 Å². The van der Waals surface area contributed by atoms with Gasteiger partial charge in [0.2, 0.25) is 0 Å². The molecule has 1 heterocycles. The molecule has 0 amide bonds. The van der Waals surface area contributed by atoms with Crippen LogP contribution in [-0.2, 0) is 6.42 Å². The average Bonchev–Trinajstić information content (AvgIpc) is 2.71. The topological polar surface area (TPSA) is 42.1 Å². The van der Waals surface area contributed by atoms with E-state index in [2.05, 4.69) is 9.72 Å². The van der Waals surface area contributed by atoms with Crippen LogP contribution in [0.15, 0.2) is 71.5 Å². The van der Waals surface area contributed by atoms with Crippen molar-refractivity contribution in [1.82, 2.24) is 4.98 Å². The first-order valence-corrected chi connectivity index (χ1v) is 9.15. The van der Waals surface area contributed by atoms with Gasteiger partial charge in [0.15, 0.2) is 17.1 Å². The van der Waals surface area contributed by atoms with Gasteiger partial charge in [0.1, 0.15) is 5.75 Å². The summed E-state index contributed by atoms with van der Waals surface area (Å²) >= 11 is 0. The molecule has 0 aliphatic carbocycles. The molecule has 3 aromatic carbocycles. The van der Waals surface area contributed by atoms with Gasteiger partial charge in [0.05, 0.1) is 10.9 Å². The second kappa shape index (κ2) is 7.86. The van der Waals surface area contributed by atoms with Crippen molar-refractivity contribution in [3.63, 3.8) is 0 Å². The van der Waals surface area contributed by atoms with E-state index in [0.29, 0.717) is 17.7 Å². The summed E-state index contributed by atoms with van der Waals surface area (Å²) in [6.45, 7) is 0. The molecule has 0 aliphatic rings. The second-order valence-electron chi connectivity index (χ2n) is 6.90. The lowest BCUT2D eigenvalue weighted by molar-refractivity contribution is -0.274. The van der Waals surface area contributed by atoms with E-state index in [4.69, 9.17) is 0 Å². The number of H-pyrrole nitrogens is 1. The Morgan fingerprint density at radius 1 is 0.839 bits per heavy atom. The maximum Gasteiger partial charge on any atom is 0.573 e. The third-order valence-electron chi connectivity index (χ3n) is 4.72. The highest BCUT2D eigenvalue weighted by molar-refractivity contribution is 5.82. The van der Waals surface area contributed by atoms with Crippen LogP contribution in [0.1, 0.15) is 11.1 Å². The number of halogens is 5. The zero-order valence-electron chi connectivity index (χ0n) is 15.8. The van der Waals surface area contributed by atoms with Gasteiger partial charge < -0.3 is 9.72 Å². The third kappa shape index (κ3) is 4.58. The van der Waals surface area contributed by atoms with E-state index in [1.807, 2.05) is 12.1 Å². The molecule has 1 aromatic heterocycles. The number of fused-ring (bicyclic) bond motifs is 1. The van der Waals surface area contributed by atoms with E-state index in [1.165, 1.54) is 24.3 Å². The molecule has 0 spiro atoms. The number of benzene rings is 3. The Balaban J connectivity index is 1.55. The van der Waals surface area contributed by atoms with Crippen molar-refractivity contribution in [3.8, 4) is 17.0 Å². The molecule has 0 saturated carbocycles. The number of ether oxygens (including phenoxy) is 1.